The number of hydrogen-bond acceptors (Lipinski definition) is 4. The predicted octanol–water partition coefficient (Wildman–Crippen LogP) is 1.81. The van der Waals surface area contributed by atoms with Crippen molar-refractivity contribution in [1.82, 2.24) is 4.31 Å². The van der Waals surface area contributed by atoms with Gasteiger partial charge in [0.25, 0.3) is 0 Å². The van der Waals surface area contributed by atoms with Crippen LogP contribution in [0.1, 0.15) is 25.3 Å². The van der Waals surface area contributed by atoms with Crippen LogP contribution in [0.2, 0.25) is 0 Å². The molecule has 2 aliphatic heterocycles. The molecule has 5 nitrogen and oxygen atoms in total. The lowest BCUT2D eigenvalue weighted by molar-refractivity contribution is 0.0265. The largest absolute Gasteiger partial charge is 0.493 e. The summed E-state index contributed by atoms with van der Waals surface area (Å²) in [6.45, 7) is 4.21. The van der Waals surface area contributed by atoms with E-state index in [9.17, 15) is 8.42 Å². The molecule has 1 fully saturated rings. The van der Waals surface area contributed by atoms with Crippen molar-refractivity contribution in [3.8, 4) is 5.75 Å². The highest BCUT2D eigenvalue weighted by Gasteiger charge is 2.31. The van der Waals surface area contributed by atoms with Crippen molar-refractivity contribution in [2.45, 2.75) is 37.2 Å². The van der Waals surface area contributed by atoms with E-state index in [1.54, 1.807) is 22.5 Å². The summed E-state index contributed by atoms with van der Waals surface area (Å²) < 4.78 is 38.1. The standard InChI is InChI=1S/C15H21NO4S/c1-2-19-13-4-3-8-16(11-13)21(17,18)14-5-6-15-12(10-14)7-9-20-15/h5-6,10,13H,2-4,7-9,11H2,1H3. The lowest BCUT2D eigenvalue weighted by Crippen LogP contribution is -2.43. The third kappa shape index (κ3) is 2.93. The summed E-state index contributed by atoms with van der Waals surface area (Å²) in [4.78, 5) is 0.365. The Balaban J connectivity index is 1.83. The van der Waals surface area contributed by atoms with Gasteiger partial charge >= 0.3 is 0 Å². The maximum Gasteiger partial charge on any atom is 0.243 e. The summed E-state index contributed by atoms with van der Waals surface area (Å²) in [6.07, 6.45) is 2.56. The number of nitrogens with zero attached hydrogens (tertiary/aromatic N) is 1. The Bertz CT molecular complexity index is 612. The third-order valence-corrected chi connectivity index (χ3v) is 5.90. The second-order valence-electron chi connectivity index (χ2n) is 5.45. The average Bonchev–Trinajstić information content (AvgIpc) is 2.95. The van der Waals surface area contributed by atoms with Gasteiger partial charge in [-0.2, -0.15) is 4.31 Å². The van der Waals surface area contributed by atoms with E-state index < -0.39 is 10.0 Å². The van der Waals surface area contributed by atoms with E-state index in [1.807, 2.05) is 6.92 Å². The number of sulfonamides is 1. The highest BCUT2D eigenvalue weighted by molar-refractivity contribution is 7.89. The minimum absolute atomic E-state index is 0.0104. The van der Waals surface area contributed by atoms with Gasteiger partial charge in [-0.1, -0.05) is 0 Å². The number of hydrogen-bond donors (Lipinski definition) is 0. The van der Waals surface area contributed by atoms with E-state index in [2.05, 4.69) is 0 Å². The molecule has 1 saturated heterocycles. The molecular formula is C15H21NO4S. The smallest absolute Gasteiger partial charge is 0.243 e. The number of piperidine rings is 1. The van der Waals surface area contributed by atoms with E-state index in [0.717, 1.165) is 30.6 Å². The van der Waals surface area contributed by atoms with Crippen LogP contribution >= 0.6 is 0 Å². The van der Waals surface area contributed by atoms with Crippen LogP contribution in [0.4, 0.5) is 0 Å². The number of rotatable bonds is 4. The Kier molecular flexibility index (Phi) is 4.19. The van der Waals surface area contributed by atoms with Crippen molar-refractivity contribution < 1.29 is 17.9 Å². The van der Waals surface area contributed by atoms with Gasteiger partial charge in [0.1, 0.15) is 5.75 Å². The normalized spacial score (nSPS) is 22.8. The molecule has 0 N–H and O–H groups in total. The first kappa shape index (κ1) is 14.8. The van der Waals surface area contributed by atoms with Gasteiger partial charge in [0, 0.05) is 26.1 Å². The Labute approximate surface area is 125 Å². The molecule has 0 bridgehead atoms. The molecule has 0 aromatic heterocycles. The summed E-state index contributed by atoms with van der Waals surface area (Å²) in [5.41, 5.74) is 0.981. The molecule has 3 rings (SSSR count). The molecule has 6 heteroatoms. The highest BCUT2D eigenvalue weighted by Crippen LogP contribution is 2.30. The van der Waals surface area contributed by atoms with E-state index in [-0.39, 0.29) is 6.10 Å². The highest BCUT2D eigenvalue weighted by atomic mass is 32.2. The molecule has 1 aromatic carbocycles. The zero-order valence-electron chi connectivity index (χ0n) is 12.2. The molecule has 0 saturated carbocycles. The van der Waals surface area contributed by atoms with E-state index >= 15 is 0 Å². The third-order valence-electron chi connectivity index (χ3n) is 4.04. The topological polar surface area (TPSA) is 55.8 Å². The van der Waals surface area contributed by atoms with Crippen LogP contribution in [0.3, 0.4) is 0 Å². The van der Waals surface area contributed by atoms with Crippen molar-refractivity contribution in [2.75, 3.05) is 26.3 Å². The molecule has 2 aliphatic rings. The van der Waals surface area contributed by atoms with Crippen LogP contribution in [-0.2, 0) is 21.2 Å². The van der Waals surface area contributed by atoms with Crippen LogP contribution in [0.5, 0.6) is 5.75 Å². The first-order valence-corrected chi connectivity index (χ1v) is 8.92. The summed E-state index contributed by atoms with van der Waals surface area (Å²) in [7, 11) is -3.44. The molecule has 0 radical (unpaired) electrons. The average molecular weight is 311 g/mol. The molecule has 0 amide bonds. The van der Waals surface area contributed by atoms with Gasteiger partial charge in [-0.25, -0.2) is 8.42 Å². The molecule has 116 valence electrons. The van der Waals surface area contributed by atoms with Gasteiger partial charge in [0.15, 0.2) is 0 Å². The molecule has 0 spiro atoms. The number of benzene rings is 1. The van der Waals surface area contributed by atoms with Gasteiger partial charge in [-0.05, 0) is 43.5 Å². The van der Waals surface area contributed by atoms with E-state index in [4.69, 9.17) is 9.47 Å². The molecule has 1 unspecified atom stereocenters. The Morgan fingerprint density at radius 1 is 1.43 bits per heavy atom. The van der Waals surface area contributed by atoms with Crippen LogP contribution < -0.4 is 4.74 Å². The molecular weight excluding hydrogens is 290 g/mol. The quantitative estimate of drug-likeness (QED) is 0.851. The lowest BCUT2D eigenvalue weighted by atomic mass is 10.1. The predicted molar refractivity (Wildman–Crippen MR) is 79.0 cm³/mol. The summed E-state index contributed by atoms with van der Waals surface area (Å²) in [5, 5.41) is 0. The zero-order chi connectivity index (χ0) is 14.9. The van der Waals surface area contributed by atoms with Gasteiger partial charge in [0.2, 0.25) is 10.0 Å². The van der Waals surface area contributed by atoms with Crippen molar-refractivity contribution in [3.63, 3.8) is 0 Å². The number of ether oxygens (including phenoxy) is 2. The van der Waals surface area contributed by atoms with Crippen LogP contribution in [0, 0.1) is 0 Å². The Morgan fingerprint density at radius 3 is 3.10 bits per heavy atom. The van der Waals surface area contributed by atoms with Crippen molar-refractivity contribution >= 4 is 10.0 Å². The lowest BCUT2D eigenvalue weighted by Gasteiger charge is -2.31. The maximum absolute atomic E-state index is 12.8. The Hall–Kier alpha value is -1.11. The van der Waals surface area contributed by atoms with Gasteiger partial charge < -0.3 is 9.47 Å². The maximum atomic E-state index is 12.8. The fourth-order valence-electron chi connectivity index (χ4n) is 2.97. The fraction of sp³-hybridized carbons (Fsp3) is 0.600. The summed E-state index contributed by atoms with van der Waals surface area (Å²) in [6, 6.07) is 5.16. The summed E-state index contributed by atoms with van der Waals surface area (Å²) in [5.74, 6) is 0.805. The molecule has 1 aromatic rings. The first-order chi connectivity index (χ1) is 10.1. The van der Waals surface area contributed by atoms with E-state index in [0.29, 0.717) is 31.2 Å². The first-order valence-electron chi connectivity index (χ1n) is 7.48. The number of fused-ring (bicyclic) bond motifs is 1. The fourth-order valence-corrected chi connectivity index (χ4v) is 4.53. The van der Waals surface area contributed by atoms with Crippen molar-refractivity contribution in [3.05, 3.63) is 23.8 Å². The summed E-state index contributed by atoms with van der Waals surface area (Å²) >= 11 is 0. The molecule has 0 aliphatic carbocycles. The van der Waals surface area contributed by atoms with Crippen molar-refractivity contribution in [2.24, 2.45) is 0 Å². The monoisotopic (exact) mass is 311 g/mol. The SMILES string of the molecule is CCOC1CCCN(S(=O)(=O)c2ccc3c(c2)CCO3)C1. The second-order valence-corrected chi connectivity index (χ2v) is 7.39. The minimum Gasteiger partial charge on any atom is -0.493 e. The van der Waals surface area contributed by atoms with Gasteiger partial charge in [0.05, 0.1) is 17.6 Å². The minimum atomic E-state index is -3.44. The molecule has 2 heterocycles. The second kappa shape index (κ2) is 5.94. The zero-order valence-corrected chi connectivity index (χ0v) is 13.1. The van der Waals surface area contributed by atoms with E-state index in [1.165, 1.54) is 0 Å². The van der Waals surface area contributed by atoms with Crippen LogP contribution in [-0.4, -0.2) is 45.1 Å². The molecule has 1 atom stereocenters. The molecule has 21 heavy (non-hydrogen) atoms. The van der Waals surface area contributed by atoms with Gasteiger partial charge in [-0.15, -0.1) is 0 Å². The van der Waals surface area contributed by atoms with Gasteiger partial charge in [-0.3, -0.25) is 0 Å². The Morgan fingerprint density at radius 2 is 2.29 bits per heavy atom. The van der Waals surface area contributed by atoms with Crippen LogP contribution in [0.15, 0.2) is 23.1 Å². The van der Waals surface area contributed by atoms with Crippen LogP contribution in [0.25, 0.3) is 0 Å². The van der Waals surface area contributed by atoms with Crippen molar-refractivity contribution in [1.29, 1.82) is 0 Å².